The van der Waals surface area contributed by atoms with E-state index >= 15 is 0 Å². The normalized spacial score (nSPS) is 46.0. The second-order valence-corrected chi connectivity index (χ2v) is 11.1. The number of halogens is 1. The third kappa shape index (κ3) is 2.18. The zero-order valence-electron chi connectivity index (χ0n) is 13.2. The van der Waals surface area contributed by atoms with Crippen LogP contribution >= 0.6 is 27.3 Å². The van der Waals surface area contributed by atoms with Crippen LogP contribution in [0.4, 0.5) is 0 Å². The Morgan fingerprint density at radius 2 is 1.81 bits per heavy atom. The summed E-state index contributed by atoms with van der Waals surface area (Å²) < 4.78 is 1.16. The Balaban J connectivity index is 1.73. The first kappa shape index (κ1) is 14.7. The number of thiophene rings is 1. The Bertz CT molecular complexity index is 555. The maximum atomic E-state index is 11.2. The van der Waals surface area contributed by atoms with Crippen molar-refractivity contribution in [2.75, 3.05) is 0 Å². The van der Waals surface area contributed by atoms with Crippen LogP contribution in [0.15, 0.2) is 10.5 Å². The Morgan fingerprint density at radius 3 is 2.29 bits per heavy atom. The molecule has 1 N–H and O–H groups in total. The second-order valence-electron chi connectivity index (χ2n) is 8.95. The van der Waals surface area contributed by atoms with Gasteiger partial charge in [-0.15, -0.1) is 11.3 Å². The van der Waals surface area contributed by atoms with Crippen LogP contribution in [0.2, 0.25) is 0 Å². The van der Waals surface area contributed by atoms with Gasteiger partial charge in [0, 0.05) is 19.6 Å². The average molecular weight is 369 g/mol. The van der Waals surface area contributed by atoms with Gasteiger partial charge < -0.3 is 5.11 Å². The molecule has 0 spiro atoms. The van der Waals surface area contributed by atoms with Gasteiger partial charge in [-0.05, 0) is 84.2 Å². The molecule has 3 unspecified atom stereocenters. The van der Waals surface area contributed by atoms with Crippen molar-refractivity contribution >= 4 is 27.3 Å². The standard InChI is InChI=1S/C18H25BrOS/c1-11-13(19)4-14(21-11)15(20)18-7-12-5-16(2,9-18)8-17(3,6-12)10-18/h4,12,15,20H,5-10H2,1-3H3. The summed E-state index contributed by atoms with van der Waals surface area (Å²) in [7, 11) is 0. The van der Waals surface area contributed by atoms with Crippen LogP contribution < -0.4 is 0 Å². The second kappa shape index (κ2) is 4.36. The summed E-state index contributed by atoms with van der Waals surface area (Å²) in [5, 5.41) is 11.2. The maximum Gasteiger partial charge on any atom is 0.0938 e. The molecule has 4 fully saturated rings. The molecule has 1 aromatic heterocycles. The molecule has 1 heterocycles. The molecule has 4 aliphatic rings. The number of aliphatic hydroxyl groups excluding tert-OH is 1. The highest BCUT2D eigenvalue weighted by atomic mass is 79.9. The highest BCUT2D eigenvalue weighted by molar-refractivity contribution is 9.10. The zero-order valence-corrected chi connectivity index (χ0v) is 15.6. The maximum absolute atomic E-state index is 11.2. The zero-order chi connectivity index (χ0) is 15.0. The first-order valence-electron chi connectivity index (χ1n) is 8.17. The van der Waals surface area contributed by atoms with Crippen LogP contribution in [0, 0.1) is 29.1 Å². The number of hydrogen-bond acceptors (Lipinski definition) is 2. The molecular formula is C18H25BrOS. The van der Waals surface area contributed by atoms with Gasteiger partial charge in [-0.25, -0.2) is 0 Å². The van der Waals surface area contributed by atoms with Gasteiger partial charge in [0.2, 0.25) is 0 Å². The summed E-state index contributed by atoms with van der Waals surface area (Å²) in [6, 6.07) is 2.16. The van der Waals surface area contributed by atoms with Gasteiger partial charge in [0.15, 0.2) is 0 Å². The minimum atomic E-state index is -0.269. The molecule has 0 saturated heterocycles. The van der Waals surface area contributed by atoms with Crippen molar-refractivity contribution in [2.24, 2.45) is 22.2 Å². The first-order chi connectivity index (χ1) is 9.73. The minimum Gasteiger partial charge on any atom is -0.387 e. The topological polar surface area (TPSA) is 20.2 Å². The lowest BCUT2D eigenvalue weighted by atomic mass is 9.39. The first-order valence-corrected chi connectivity index (χ1v) is 9.78. The van der Waals surface area contributed by atoms with E-state index in [1.807, 2.05) is 0 Å². The summed E-state index contributed by atoms with van der Waals surface area (Å²) in [5.74, 6) is 0.843. The molecule has 4 aliphatic carbocycles. The van der Waals surface area contributed by atoms with Crippen molar-refractivity contribution in [1.29, 1.82) is 0 Å². The van der Waals surface area contributed by atoms with E-state index in [2.05, 4.69) is 42.8 Å². The Kier molecular flexibility index (Phi) is 3.05. The molecule has 0 aromatic carbocycles. The lowest BCUT2D eigenvalue weighted by molar-refractivity contribution is -0.186. The van der Waals surface area contributed by atoms with Crippen molar-refractivity contribution in [3.05, 3.63) is 20.3 Å². The number of aryl methyl sites for hydroxylation is 1. The summed E-state index contributed by atoms with van der Waals surface area (Å²) in [5.41, 5.74) is 1.08. The molecule has 0 radical (unpaired) electrons. The summed E-state index contributed by atoms with van der Waals surface area (Å²) >= 11 is 5.39. The summed E-state index contributed by atoms with van der Waals surface area (Å²) in [6.07, 6.45) is 7.58. The molecular weight excluding hydrogens is 344 g/mol. The number of hydrogen-bond donors (Lipinski definition) is 1. The average Bonchev–Trinajstić information content (AvgIpc) is 2.64. The highest BCUT2D eigenvalue weighted by Gasteiger charge is 2.62. The van der Waals surface area contributed by atoms with E-state index in [4.69, 9.17) is 0 Å². The van der Waals surface area contributed by atoms with E-state index in [-0.39, 0.29) is 11.5 Å². The van der Waals surface area contributed by atoms with Crippen molar-refractivity contribution < 1.29 is 5.11 Å². The Labute approximate surface area is 140 Å². The van der Waals surface area contributed by atoms with E-state index < -0.39 is 0 Å². The van der Waals surface area contributed by atoms with Gasteiger partial charge in [-0.2, -0.15) is 0 Å². The molecule has 116 valence electrons. The van der Waals surface area contributed by atoms with Crippen LogP contribution in [0.5, 0.6) is 0 Å². The number of rotatable bonds is 2. The van der Waals surface area contributed by atoms with Gasteiger partial charge >= 0.3 is 0 Å². The van der Waals surface area contributed by atoms with E-state index in [1.165, 1.54) is 48.3 Å². The van der Waals surface area contributed by atoms with Crippen molar-refractivity contribution in [1.82, 2.24) is 0 Å². The molecule has 5 rings (SSSR count). The lowest BCUT2D eigenvalue weighted by Gasteiger charge is -2.66. The summed E-state index contributed by atoms with van der Waals surface area (Å²) in [6.45, 7) is 7.09. The number of aliphatic hydroxyl groups is 1. The van der Waals surface area contributed by atoms with E-state index in [1.54, 1.807) is 11.3 Å². The fourth-order valence-electron chi connectivity index (χ4n) is 6.76. The molecule has 3 atom stereocenters. The Morgan fingerprint density at radius 1 is 1.19 bits per heavy atom. The molecule has 4 bridgehead atoms. The highest BCUT2D eigenvalue weighted by Crippen LogP contribution is 2.72. The Hall–Kier alpha value is 0.140. The molecule has 4 saturated carbocycles. The molecule has 3 heteroatoms. The van der Waals surface area contributed by atoms with Crippen LogP contribution in [-0.2, 0) is 0 Å². The fraction of sp³-hybridized carbons (Fsp3) is 0.778. The third-order valence-electron chi connectivity index (χ3n) is 6.40. The molecule has 0 amide bonds. The molecule has 21 heavy (non-hydrogen) atoms. The monoisotopic (exact) mass is 368 g/mol. The van der Waals surface area contributed by atoms with Gasteiger partial charge in [0.25, 0.3) is 0 Å². The van der Waals surface area contributed by atoms with Crippen LogP contribution in [0.25, 0.3) is 0 Å². The van der Waals surface area contributed by atoms with Gasteiger partial charge in [0.1, 0.15) is 0 Å². The SMILES string of the molecule is Cc1sc(C(O)C23CC4CC(C)(CC(C)(C4)C2)C3)cc1Br. The fourth-order valence-corrected chi connectivity index (χ4v) is 8.45. The largest absolute Gasteiger partial charge is 0.387 e. The quantitative estimate of drug-likeness (QED) is 0.693. The molecule has 1 aromatic rings. The van der Waals surface area contributed by atoms with Crippen molar-refractivity contribution in [2.45, 2.75) is 65.4 Å². The predicted octanol–water partition coefficient (Wildman–Crippen LogP) is 5.85. The molecule has 0 aliphatic heterocycles. The summed E-state index contributed by atoms with van der Waals surface area (Å²) in [4.78, 5) is 2.46. The predicted molar refractivity (Wildman–Crippen MR) is 91.6 cm³/mol. The van der Waals surface area contributed by atoms with E-state index in [0.29, 0.717) is 10.8 Å². The van der Waals surface area contributed by atoms with Crippen LogP contribution in [0.1, 0.15) is 68.2 Å². The van der Waals surface area contributed by atoms with E-state index in [0.717, 1.165) is 10.4 Å². The van der Waals surface area contributed by atoms with Crippen molar-refractivity contribution in [3.63, 3.8) is 0 Å². The minimum absolute atomic E-state index is 0.139. The van der Waals surface area contributed by atoms with Crippen molar-refractivity contribution in [3.8, 4) is 0 Å². The van der Waals surface area contributed by atoms with Crippen LogP contribution in [-0.4, -0.2) is 5.11 Å². The van der Waals surface area contributed by atoms with Gasteiger partial charge in [-0.1, -0.05) is 13.8 Å². The van der Waals surface area contributed by atoms with E-state index in [9.17, 15) is 5.11 Å². The molecule has 1 nitrogen and oxygen atoms in total. The van der Waals surface area contributed by atoms with Gasteiger partial charge in [0.05, 0.1) is 6.10 Å². The smallest absolute Gasteiger partial charge is 0.0938 e. The van der Waals surface area contributed by atoms with Gasteiger partial charge in [-0.3, -0.25) is 0 Å². The van der Waals surface area contributed by atoms with Crippen LogP contribution in [0.3, 0.4) is 0 Å². The third-order valence-corrected chi connectivity index (χ3v) is 8.58. The lowest BCUT2D eigenvalue weighted by Crippen LogP contribution is -2.56.